The molecule has 0 radical (unpaired) electrons. The number of aromatic nitrogens is 4. The summed E-state index contributed by atoms with van der Waals surface area (Å²) in [5, 5.41) is 13.2. The Kier molecular flexibility index (Phi) is 4.98. The maximum atomic E-state index is 11.7. The lowest BCUT2D eigenvalue weighted by atomic mass is 10.2. The largest absolute Gasteiger partial charge is 0.414 e. The third-order valence-corrected chi connectivity index (χ3v) is 5.39. The van der Waals surface area contributed by atoms with Crippen molar-refractivity contribution in [3.63, 3.8) is 0 Å². The monoisotopic (exact) mass is 383 g/mol. The molecule has 2 aromatic heterocycles. The highest BCUT2D eigenvalue weighted by atomic mass is 32.2. The molecule has 1 fully saturated rings. The van der Waals surface area contributed by atoms with E-state index in [4.69, 9.17) is 4.42 Å². The van der Waals surface area contributed by atoms with Gasteiger partial charge in [-0.1, -0.05) is 23.9 Å². The molecule has 3 heterocycles. The van der Waals surface area contributed by atoms with E-state index in [2.05, 4.69) is 45.6 Å². The van der Waals surface area contributed by atoms with Gasteiger partial charge in [0, 0.05) is 24.4 Å². The van der Waals surface area contributed by atoms with Crippen LogP contribution in [0.25, 0.3) is 5.69 Å². The molecular formula is C19H21N5O2S. The van der Waals surface area contributed by atoms with Crippen molar-refractivity contribution in [1.29, 1.82) is 0 Å². The van der Waals surface area contributed by atoms with Gasteiger partial charge in [0.15, 0.2) is 0 Å². The van der Waals surface area contributed by atoms with Gasteiger partial charge in [0.25, 0.3) is 5.22 Å². The van der Waals surface area contributed by atoms with Gasteiger partial charge in [0.2, 0.25) is 11.8 Å². The number of rotatable bonds is 6. The molecule has 3 aromatic rings. The maximum absolute atomic E-state index is 11.7. The summed E-state index contributed by atoms with van der Waals surface area (Å²) < 4.78 is 7.60. The number of benzene rings is 1. The van der Waals surface area contributed by atoms with Gasteiger partial charge in [-0.3, -0.25) is 4.79 Å². The first-order valence-electron chi connectivity index (χ1n) is 8.94. The van der Waals surface area contributed by atoms with E-state index in [0.717, 1.165) is 35.8 Å². The first-order chi connectivity index (χ1) is 13.1. The van der Waals surface area contributed by atoms with Crippen molar-refractivity contribution in [2.45, 2.75) is 44.2 Å². The molecule has 0 atom stereocenters. The highest BCUT2D eigenvalue weighted by Gasteiger charge is 2.22. The number of amides is 1. The third-order valence-electron chi connectivity index (χ3n) is 4.50. The van der Waals surface area contributed by atoms with Crippen LogP contribution < -0.4 is 0 Å². The molecule has 0 spiro atoms. The fourth-order valence-corrected chi connectivity index (χ4v) is 3.90. The molecule has 1 aromatic carbocycles. The first kappa shape index (κ1) is 17.8. The van der Waals surface area contributed by atoms with E-state index >= 15 is 0 Å². The molecule has 0 aliphatic carbocycles. The van der Waals surface area contributed by atoms with Gasteiger partial charge in [-0.2, -0.15) is 5.10 Å². The summed E-state index contributed by atoms with van der Waals surface area (Å²) in [7, 11) is 0. The first-order valence-corrected chi connectivity index (χ1v) is 9.92. The number of aryl methyl sites for hydroxylation is 2. The highest BCUT2D eigenvalue weighted by molar-refractivity contribution is 7.98. The van der Waals surface area contributed by atoms with E-state index in [1.54, 1.807) is 4.90 Å². The van der Waals surface area contributed by atoms with Crippen LogP contribution in [0, 0.1) is 13.8 Å². The molecule has 27 heavy (non-hydrogen) atoms. The summed E-state index contributed by atoms with van der Waals surface area (Å²) in [6.45, 7) is 5.22. The zero-order valence-electron chi connectivity index (χ0n) is 15.4. The smallest absolute Gasteiger partial charge is 0.276 e. The van der Waals surface area contributed by atoms with Gasteiger partial charge in [0.1, 0.15) is 0 Å². The fraction of sp³-hybridized carbons (Fsp3) is 0.368. The molecule has 1 amide bonds. The predicted octanol–water partition coefficient (Wildman–Crippen LogP) is 3.29. The molecule has 140 valence electrons. The van der Waals surface area contributed by atoms with E-state index in [9.17, 15) is 4.79 Å². The molecule has 1 saturated heterocycles. The average molecular weight is 383 g/mol. The number of hydrogen-bond donors (Lipinski definition) is 0. The van der Waals surface area contributed by atoms with Gasteiger partial charge < -0.3 is 9.32 Å². The summed E-state index contributed by atoms with van der Waals surface area (Å²) in [6, 6.07) is 10.4. The number of carbonyl (C=O) groups is 1. The summed E-state index contributed by atoms with van der Waals surface area (Å²) in [5.41, 5.74) is 4.34. The van der Waals surface area contributed by atoms with Gasteiger partial charge in [-0.25, -0.2) is 4.68 Å². The minimum absolute atomic E-state index is 0.158. The maximum Gasteiger partial charge on any atom is 0.276 e. The molecule has 1 aliphatic rings. The summed E-state index contributed by atoms with van der Waals surface area (Å²) in [5.74, 6) is 1.39. The van der Waals surface area contributed by atoms with Crippen LogP contribution in [0.3, 0.4) is 0 Å². The molecule has 8 heteroatoms. The van der Waals surface area contributed by atoms with Crippen LogP contribution in [0.4, 0.5) is 0 Å². The molecular weight excluding hydrogens is 362 g/mol. The van der Waals surface area contributed by atoms with Gasteiger partial charge >= 0.3 is 0 Å². The van der Waals surface area contributed by atoms with E-state index < -0.39 is 0 Å². The lowest BCUT2D eigenvalue weighted by Crippen LogP contribution is -2.23. The van der Waals surface area contributed by atoms with Crippen molar-refractivity contribution in [2.75, 3.05) is 6.54 Å². The highest BCUT2D eigenvalue weighted by Crippen LogP contribution is 2.23. The summed E-state index contributed by atoms with van der Waals surface area (Å²) >= 11 is 1.50. The Labute approximate surface area is 161 Å². The normalized spacial score (nSPS) is 14.3. The minimum atomic E-state index is 0.158. The molecule has 0 saturated carbocycles. The standard InChI is InChI=1S/C19H21N5O2S/c1-13-10-14(2)24(22-13)16-7-5-15(6-8-16)12-27-19-21-20-17(26-19)11-23-9-3-4-18(23)25/h5-8,10H,3-4,9,11-12H2,1-2H3. The van der Waals surface area contributed by atoms with Gasteiger partial charge in [0.05, 0.1) is 17.9 Å². The number of carbonyl (C=O) groups excluding carboxylic acids is 1. The average Bonchev–Trinajstić information content (AvgIpc) is 3.36. The van der Waals surface area contributed by atoms with E-state index in [1.165, 1.54) is 17.3 Å². The Balaban J connectivity index is 1.35. The molecule has 4 rings (SSSR count). The SMILES string of the molecule is Cc1cc(C)n(-c2ccc(CSc3nnc(CN4CCCC4=O)o3)cc2)n1. The van der Waals surface area contributed by atoms with Crippen molar-refractivity contribution < 1.29 is 9.21 Å². The van der Waals surface area contributed by atoms with Gasteiger partial charge in [-0.05, 0) is 44.0 Å². The Morgan fingerprint density at radius 1 is 1.19 bits per heavy atom. The number of nitrogens with zero attached hydrogens (tertiary/aromatic N) is 5. The second kappa shape index (κ2) is 7.56. The Morgan fingerprint density at radius 3 is 2.67 bits per heavy atom. The van der Waals surface area contributed by atoms with Crippen molar-refractivity contribution in [1.82, 2.24) is 24.9 Å². The molecule has 0 unspecified atom stereocenters. The van der Waals surface area contributed by atoms with Crippen LogP contribution >= 0.6 is 11.8 Å². The Morgan fingerprint density at radius 2 is 2.00 bits per heavy atom. The quantitative estimate of drug-likeness (QED) is 0.608. The number of hydrogen-bond acceptors (Lipinski definition) is 6. The fourth-order valence-electron chi connectivity index (χ4n) is 3.16. The molecule has 0 N–H and O–H groups in total. The lowest BCUT2D eigenvalue weighted by molar-refractivity contribution is -0.128. The summed E-state index contributed by atoms with van der Waals surface area (Å²) in [6.07, 6.45) is 1.52. The topological polar surface area (TPSA) is 77.0 Å². The van der Waals surface area contributed by atoms with Crippen LogP contribution in [0.1, 0.15) is 35.7 Å². The van der Waals surface area contributed by atoms with Gasteiger partial charge in [-0.15, -0.1) is 10.2 Å². The van der Waals surface area contributed by atoms with E-state index in [1.807, 2.05) is 18.5 Å². The lowest BCUT2D eigenvalue weighted by Gasteiger charge is -2.11. The zero-order valence-corrected chi connectivity index (χ0v) is 16.2. The Bertz CT molecular complexity index is 947. The van der Waals surface area contributed by atoms with Crippen molar-refractivity contribution >= 4 is 17.7 Å². The zero-order chi connectivity index (χ0) is 18.8. The second-order valence-electron chi connectivity index (χ2n) is 6.67. The molecule has 1 aliphatic heterocycles. The van der Waals surface area contributed by atoms with Crippen LogP contribution in [0.2, 0.25) is 0 Å². The molecule has 7 nitrogen and oxygen atoms in total. The van der Waals surface area contributed by atoms with Crippen LogP contribution in [0.15, 0.2) is 40.0 Å². The van der Waals surface area contributed by atoms with Crippen molar-refractivity contribution in [2.24, 2.45) is 0 Å². The number of likely N-dealkylation sites (tertiary alicyclic amines) is 1. The Hall–Kier alpha value is -2.61. The second-order valence-corrected chi connectivity index (χ2v) is 7.60. The number of thioether (sulfide) groups is 1. The van der Waals surface area contributed by atoms with E-state index in [-0.39, 0.29) is 5.91 Å². The minimum Gasteiger partial charge on any atom is -0.414 e. The van der Waals surface area contributed by atoms with E-state index in [0.29, 0.717) is 24.1 Å². The van der Waals surface area contributed by atoms with Crippen molar-refractivity contribution in [3.8, 4) is 5.69 Å². The van der Waals surface area contributed by atoms with Crippen LogP contribution in [0.5, 0.6) is 0 Å². The van der Waals surface area contributed by atoms with Crippen molar-refractivity contribution in [3.05, 3.63) is 53.2 Å². The van der Waals surface area contributed by atoms with Crippen LogP contribution in [-0.2, 0) is 17.1 Å². The molecule has 0 bridgehead atoms. The summed E-state index contributed by atoms with van der Waals surface area (Å²) in [4.78, 5) is 13.4. The predicted molar refractivity (Wildman–Crippen MR) is 102 cm³/mol. The van der Waals surface area contributed by atoms with Crippen LogP contribution in [-0.4, -0.2) is 37.3 Å². The third kappa shape index (κ3) is 4.05.